The first-order valence-corrected chi connectivity index (χ1v) is 4.91. The highest BCUT2D eigenvalue weighted by molar-refractivity contribution is 7.91. The van der Waals surface area contributed by atoms with E-state index in [9.17, 15) is 13.2 Å². The molecule has 0 spiro atoms. The number of hydrogen-bond acceptors (Lipinski definition) is 6. The normalized spacial score (nSPS) is 11.5. The first kappa shape index (κ1) is 9.52. The SMILES string of the molecule is CS(=O)(=O)c1c(C(=O)O)noc1N. The molecule has 0 saturated carbocycles. The van der Waals surface area contributed by atoms with Crippen molar-refractivity contribution >= 4 is 21.7 Å². The first-order valence-electron chi connectivity index (χ1n) is 3.02. The number of nitrogen functional groups attached to an aromatic ring is 1. The van der Waals surface area contributed by atoms with E-state index in [1.807, 2.05) is 0 Å². The summed E-state index contributed by atoms with van der Waals surface area (Å²) >= 11 is 0. The Bertz CT molecular complexity index is 445. The Hall–Kier alpha value is -1.57. The molecule has 0 amide bonds. The minimum absolute atomic E-state index is 0.514. The highest BCUT2D eigenvalue weighted by Crippen LogP contribution is 2.21. The maximum Gasteiger partial charge on any atom is 0.359 e. The van der Waals surface area contributed by atoms with E-state index in [4.69, 9.17) is 10.8 Å². The van der Waals surface area contributed by atoms with Gasteiger partial charge >= 0.3 is 5.97 Å². The van der Waals surface area contributed by atoms with E-state index < -0.39 is 32.3 Å². The number of sulfone groups is 1. The summed E-state index contributed by atoms with van der Waals surface area (Å²) in [6, 6.07) is 0. The quantitative estimate of drug-likeness (QED) is 0.659. The smallest absolute Gasteiger partial charge is 0.359 e. The van der Waals surface area contributed by atoms with Crippen molar-refractivity contribution in [3.05, 3.63) is 5.69 Å². The third-order valence-corrected chi connectivity index (χ3v) is 2.38. The second kappa shape index (κ2) is 2.73. The van der Waals surface area contributed by atoms with E-state index in [0.29, 0.717) is 0 Å². The maximum absolute atomic E-state index is 11.0. The largest absolute Gasteiger partial charge is 0.476 e. The van der Waals surface area contributed by atoms with E-state index in [2.05, 4.69) is 9.68 Å². The van der Waals surface area contributed by atoms with Gasteiger partial charge in [0, 0.05) is 6.26 Å². The molecule has 0 aliphatic heterocycles. The molecule has 72 valence electrons. The van der Waals surface area contributed by atoms with Gasteiger partial charge in [-0.1, -0.05) is 5.16 Å². The van der Waals surface area contributed by atoms with Crippen LogP contribution in [0.15, 0.2) is 9.42 Å². The van der Waals surface area contributed by atoms with Gasteiger partial charge in [-0.25, -0.2) is 13.2 Å². The van der Waals surface area contributed by atoms with Crippen molar-refractivity contribution in [2.75, 3.05) is 12.0 Å². The summed E-state index contributed by atoms with van der Waals surface area (Å²) in [5, 5.41) is 11.5. The van der Waals surface area contributed by atoms with Crippen molar-refractivity contribution < 1.29 is 22.8 Å². The fourth-order valence-electron chi connectivity index (χ4n) is 0.789. The van der Waals surface area contributed by atoms with Gasteiger partial charge in [0.15, 0.2) is 14.7 Å². The molecule has 0 bridgehead atoms. The van der Waals surface area contributed by atoms with Crippen LogP contribution in [-0.4, -0.2) is 30.9 Å². The second-order valence-corrected chi connectivity index (χ2v) is 4.25. The Morgan fingerprint density at radius 2 is 2.15 bits per heavy atom. The average molecular weight is 206 g/mol. The van der Waals surface area contributed by atoms with Crippen molar-refractivity contribution in [2.45, 2.75) is 4.90 Å². The topological polar surface area (TPSA) is 123 Å². The molecule has 8 heteroatoms. The molecule has 1 heterocycles. The fourth-order valence-corrected chi connectivity index (χ4v) is 1.67. The monoisotopic (exact) mass is 206 g/mol. The lowest BCUT2D eigenvalue weighted by Crippen LogP contribution is -2.07. The number of aromatic nitrogens is 1. The molecule has 0 radical (unpaired) electrons. The Kier molecular flexibility index (Phi) is 2.00. The Morgan fingerprint density at radius 1 is 1.62 bits per heavy atom. The molecule has 13 heavy (non-hydrogen) atoms. The molecular weight excluding hydrogens is 200 g/mol. The summed E-state index contributed by atoms with van der Waals surface area (Å²) in [4.78, 5) is 9.86. The Balaban J connectivity index is 3.51. The van der Waals surface area contributed by atoms with Crippen LogP contribution in [0.3, 0.4) is 0 Å². The molecule has 1 aromatic rings. The minimum Gasteiger partial charge on any atom is -0.476 e. The zero-order valence-corrected chi connectivity index (χ0v) is 7.33. The molecular formula is C5H6N2O5S. The molecule has 0 aliphatic rings. The van der Waals surface area contributed by atoms with Crippen molar-refractivity contribution in [3.63, 3.8) is 0 Å². The standard InChI is InChI=1S/C5H6N2O5S/c1-13(10,11)3-2(5(8)9)7-12-4(3)6/h6H2,1H3,(H,8,9). The van der Waals surface area contributed by atoms with Crippen LogP contribution in [0, 0.1) is 0 Å². The third kappa shape index (κ3) is 1.61. The van der Waals surface area contributed by atoms with E-state index in [-0.39, 0.29) is 0 Å². The number of nitrogens with two attached hydrogens (primary N) is 1. The lowest BCUT2D eigenvalue weighted by molar-refractivity contribution is 0.0682. The summed E-state index contributed by atoms with van der Waals surface area (Å²) < 4.78 is 26.2. The molecule has 0 unspecified atom stereocenters. The molecule has 3 N–H and O–H groups in total. The number of anilines is 1. The summed E-state index contributed by atoms with van der Waals surface area (Å²) in [5.41, 5.74) is 4.40. The van der Waals surface area contributed by atoms with Gasteiger partial charge in [-0.2, -0.15) is 0 Å². The lowest BCUT2D eigenvalue weighted by Gasteiger charge is -1.93. The minimum atomic E-state index is -3.73. The van der Waals surface area contributed by atoms with Crippen LogP contribution in [0.2, 0.25) is 0 Å². The maximum atomic E-state index is 11.0. The van der Waals surface area contributed by atoms with E-state index in [1.165, 1.54) is 0 Å². The van der Waals surface area contributed by atoms with Crippen molar-refractivity contribution in [2.24, 2.45) is 0 Å². The predicted molar refractivity (Wildman–Crippen MR) is 41.0 cm³/mol. The summed E-state index contributed by atoms with van der Waals surface area (Å²) in [7, 11) is -3.73. The van der Waals surface area contributed by atoms with E-state index >= 15 is 0 Å². The van der Waals surface area contributed by atoms with Crippen molar-refractivity contribution in [1.29, 1.82) is 0 Å². The van der Waals surface area contributed by atoms with Crippen LogP contribution < -0.4 is 5.73 Å². The van der Waals surface area contributed by atoms with Crippen LogP contribution in [-0.2, 0) is 9.84 Å². The van der Waals surface area contributed by atoms with E-state index in [1.54, 1.807) is 0 Å². The van der Waals surface area contributed by atoms with Crippen LogP contribution in [0.5, 0.6) is 0 Å². The van der Waals surface area contributed by atoms with Crippen LogP contribution in [0.25, 0.3) is 0 Å². The van der Waals surface area contributed by atoms with Gasteiger partial charge in [0.1, 0.15) is 0 Å². The number of carboxylic acid groups (broad SMARTS) is 1. The van der Waals surface area contributed by atoms with Crippen molar-refractivity contribution in [3.8, 4) is 0 Å². The highest BCUT2D eigenvalue weighted by atomic mass is 32.2. The zero-order chi connectivity index (χ0) is 10.2. The molecule has 0 saturated heterocycles. The van der Waals surface area contributed by atoms with Gasteiger partial charge in [0.25, 0.3) is 0 Å². The average Bonchev–Trinajstić information content (AvgIpc) is 2.28. The van der Waals surface area contributed by atoms with Gasteiger partial charge in [-0.15, -0.1) is 0 Å². The molecule has 0 aromatic carbocycles. The van der Waals surface area contributed by atoms with Gasteiger partial charge in [-0.3, -0.25) is 0 Å². The number of aromatic carboxylic acids is 1. The molecule has 1 aromatic heterocycles. The van der Waals surface area contributed by atoms with Gasteiger partial charge in [0.05, 0.1) is 0 Å². The third-order valence-electron chi connectivity index (χ3n) is 1.25. The molecule has 0 aliphatic carbocycles. The number of nitrogens with zero attached hydrogens (tertiary/aromatic N) is 1. The molecule has 0 atom stereocenters. The summed E-state index contributed by atoms with van der Waals surface area (Å²) in [6.07, 6.45) is 0.822. The van der Waals surface area contributed by atoms with Crippen LogP contribution in [0.4, 0.5) is 5.88 Å². The summed E-state index contributed by atoms with van der Waals surface area (Å²) in [5.74, 6) is -2.01. The van der Waals surface area contributed by atoms with Crippen molar-refractivity contribution in [1.82, 2.24) is 5.16 Å². The lowest BCUT2D eigenvalue weighted by atomic mass is 10.4. The highest BCUT2D eigenvalue weighted by Gasteiger charge is 2.27. The zero-order valence-electron chi connectivity index (χ0n) is 6.51. The van der Waals surface area contributed by atoms with Gasteiger partial charge in [0.2, 0.25) is 11.6 Å². The number of carbonyl (C=O) groups is 1. The Labute approximate surface area is 73.0 Å². The number of carboxylic acids is 1. The first-order chi connectivity index (χ1) is 5.84. The molecule has 7 nitrogen and oxygen atoms in total. The van der Waals surface area contributed by atoms with Gasteiger partial charge < -0.3 is 15.4 Å². The summed E-state index contributed by atoms with van der Waals surface area (Å²) in [6.45, 7) is 0. The van der Waals surface area contributed by atoms with Gasteiger partial charge in [-0.05, 0) is 0 Å². The number of rotatable bonds is 2. The second-order valence-electron chi connectivity index (χ2n) is 2.30. The van der Waals surface area contributed by atoms with Crippen LogP contribution in [0.1, 0.15) is 10.5 Å². The molecule has 0 fully saturated rings. The van der Waals surface area contributed by atoms with E-state index in [0.717, 1.165) is 6.26 Å². The fraction of sp³-hybridized carbons (Fsp3) is 0.200. The Morgan fingerprint density at radius 3 is 2.46 bits per heavy atom. The number of hydrogen-bond donors (Lipinski definition) is 2. The molecule has 1 rings (SSSR count). The van der Waals surface area contributed by atoms with Crippen LogP contribution >= 0.6 is 0 Å². The predicted octanol–water partition coefficient (Wildman–Crippen LogP) is -0.641.